The zero-order valence-corrected chi connectivity index (χ0v) is 20.3. The molecule has 0 radical (unpaired) electrons. The third kappa shape index (κ3) is 5.83. The summed E-state index contributed by atoms with van der Waals surface area (Å²) in [5.41, 5.74) is 0. The van der Waals surface area contributed by atoms with Crippen LogP contribution in [0.1, 0.15) is 47.5 Å². The molecule has 1 aliphatic rings. The molecule has 4 nitrogen and oxygen atoms in total. The number of aliphatic hydroxyl groups excluding tert-OH is 1. The second kappa shape index (κ2) is 9.62. The van der Waals surface area contributed by atoms with Gasteiger partial charge in [-0.1, -0.05) is 52.8 Å². The fourth-order valence-corrected chi connectivity index (χ4v) is 5.48. The van der Waals surface area contributed by atoms with E-state index in [-0.39, 0.29) is 17.2 Å². The van der Waals surface area contributed by atoms with Gasteiger partial charge in [-0.2, -0.15) is 0 Å². The molecule has 160 valence electrons. The quantitative estimate of drug-likeness (QED) is 0.419. The minimum Gasteiger partial charge on any atom is -0.410 e. The number of thioether (sulfide) groups is 1. The lowest BCUT2D eigenvalue weighted by molar-refractivity contribution is -0.186. The molecule has 1 heterocycles. The van der Waals surface area contributed by atoms with Crippen LogP contribution in [0.3, 0.4) is 0 Å². The molecule has 0 bridgehead atoms. The molecule has 1 fully saturated rings. The van der Waals surface area contributed by atoms with Crippen LogP contribution in [0.4, 0.5) is 0 Å². The Labute approximate surface area is 176 Å². The van der Waals surface area contributed by atoms with Crippen LogP contribution in [0, 0.1) is 0 Å². The molecular weight excluding hydrogens is 388 g/mol. The lowest BCUT2D eigenvalue weighted by Gasteiger charge is -2.41. The van der Waals surface area contributed by atoms with Crippen LogP contribution in [-0.4, -0.2) is 49.9 Å². The molecule has 1 aliphatic heterocycles. The van der Waals surface area contributed by atoms with Gasteiger partial charge in [0.05, 0.1) is 12.7 Å². The van der Waals surface area contributed by atoms with Gasteiger partial charge in [0.25, 0.3) is 0 Å². The zero-order valence-electron chi connectivity index (χ0n) is 18.5. The van der Waals surface area contributed by atoms with Crippen molar-refractivity contribution in [2.45, 2.75) is 94.6 Å². The summed E-state index contributed by atoms with van der Waals surface area (Å²) >= 11 is 1.72. The average Bonchev–Trinajstić information content (AvgIpc) is 3.09. The van der Waals surface area contributed by atoms with E-state index in [1.807, 2.05) is 18.2 Å². The lowest BCUT2D eigenvalue weighted by atomic mass is 10.1. The van der Waals surface area contributed by atoms with Gasteiger partial charge in [-0.3, -0.25) is 0 Å². The summed E-state index contributed by atoms with van der Waals surface area (Å²) < 4.78 is 18.8. The van der Waals surface area contributed by atoms with E-state index in [1.54, 1.807) is 11.8 Å². The van der Waals surface area contributed by atoms with Crippen LogP contribution in [-0.2, 0) is 13.9 Å². The molecule has 0 amide bonds. The van der Waals surface area contributed by atoms with Gasteiger partial charge in [-0.15, -0.1) is 11.8 Å². The maximum absolute atomic E-state index is 11.2. The first-order chi connectivity index (χ1) is 13.0. The molecule has 0 aliphatic carbocycles. The Hall–Kier alpha value is -0.373. The zero-order chi connectivity index (χ0) is 21.0. The Kier molecular flexibility index (Phi) is 8.22. The molecule has 1 saturated heterocycles. The molecule has 3 atom stereocenters. The van der Waals surface area contributed by atoms with E-state index in [4.69, 9.17) is 13.9 Å². The summed E-state index contributed by atoms with van der Waals surface area (Å²) in [7, 11) is -2.04. The Bertz CT molecular complexity index is 598. The van der Waals surface area contributed by atoms with Crippen molar-refractivity contribution in [2.24, 2.45) is 0 Å². The van der Waals surface area contributed by atoms with Crippen molar-refractivity contribution in [3.05, 3.63) is 30.3 Å². The van der Waals surface area contributed by atoms with Gasteiger partial charge < -0.3 is 19.0 Å². The van der Waals surface area contributed by atoms with E-state index in [0.717, 1.165) is 12.8 Å². The number of benzene rings is 1. The first-order valence-electron chi connectivity index (χ1n) is 10.4. The highest BCUT2D eigenvalue weighted by Gasteiger charge is 2.46. The Morgan fingerprint density at radius 2 is 1.82 bits per heavy atom. The van der Waals surface area contributed by atoms with Crippen molar-refractivity contribution >= 4 is 20.1 Å². The molecular formula is C22H38O4SSi. The van der Waals surface area contributed by atoms with Gasteiger partial charge in [0.15, 0.2) is 14.1 Å². The van der Waals surface area contributed by atoms with Crippen LogP contribution in [0.2, 0.25) is 18.1 Å². The maximum atomic E-state index is 11.2. The SMILES string of the molecule is CCC1(CC)OC[C@H]([C@@H](O)[C@@H](CSc2ccccc2)O[Si](C)(C)C(C)(C)C)O1. The molecule has 1 N–H and O–H groups in total. The average molecular weight is 427 g/mol. The summed E-state index contributed by atoms with van der Waals surface area (Å²) in [6.07, 6.45) is 0.180. The third-order valence-corrected chi connectivity index (χ3v) is 11.7. The minimum absolute atomic E-state index is 0.0754. The summed E-state index contributed by atoms with van der Waals surface area (Å²) in [5, 5.41) is 11.3. The fraction of sp³-hybridized carbons (Fsp3) is 0.727. The van der Waals surface area contributed by atoms with Crippen LogP contribution in [0.25, 0.3) is 0 Å². The Morgan fingerprint density at radius 1 is 1.21 bits per heavy atom. The second-order valence-corrected chi connectivity index (χ2v) is 15.0. The first kappa shape index (κ1) is 23.9. The van der Waals surface area contributed by atoms with Crippen LogP contribution >= 0.6 is 11.8 Å². The van der Waals surface area contributed by atoms with Crippen LogP contribution < -0.4 is 0 Å². The highest BCUT2D eigenvalue weighted by molar-refractivity contribution is 7.99. The van der Waals surface area contributed by atoms with Gasteiger partial charge in [0, 0.05) is 10.6 Å². The molecule has 0 aromatic heterocycles. The maximum Gasteiger partial charge on any atom is 0.192 e. The van der Waals surface area contributed by atoms with Crippen molar-refractivity contribution in [1.29, 1.82) is 0 Å². The van der Waals surface area contributed by atoms with Crippen molar-refractivity contribution in [2.75, 3.05) is 12.4 Å². The highest BCUT2D eigenvalue weighted by Crippen LogP contribution is 2.39. The fourth-order valence-electron chi connectivity index (χ4n) is 3.06. The number of rotatable bonds is 9. The Morgan fingerprint density at radius 3 is 2.32 bits per heavy atom. The highest BCUT2D eigenvalue weighted by atomic mass is 32.2. The van der Waals surface area contributed by atoms with Crippen molar-refractivity contribution in [3.8, 4) is 0 Å². The van der Waals surface area contributed by atoms with E-state index < -0.39 is 20.2 Å². The van der Waals surface area contributed by atoms with Gasteiger partial charge in [0.1, 0.15) is 12.2 Å². The number of ether oxygens (including phenoxy) is 2. The summed E-state index contributed by atoms with van der Waals surface area (Å²) in [6, 6.07) is 10.3. The van der Waals surface area contributed by atoms with Crippen LogP contribution in [0.15, 0.2) is 35.2 Å². The van der Waals surface area contributed by atoms with Gasteiger partial charge >= 0.3 is 0 Å². The largest absolute Gasteiger partial charge is 0.410 e. The molecule has 0 unspecified atom stereocenters. The second-order valence-electron chi connectivity index (χ2n) is 9.12. The number of hydrogen-bond donors (Lipinski definition) is 1. The minimum atomic E-state index is -2.04. The molecule has 6 heteroatoms. The molecule has 1 aromatic rings. The van der Waals surface area contributed by atoms with Gasteiger partial charge in [-0.05, 0) is 43.1 Å². The smallest absolute Gasteiger partial charge is 0.192 e. The molecule has 28 heavy (non-hydrogen) atoms. The number of hydrogen-bond acceptors (Lipinski definition) is 5. The van der Waals surface area contributed by atoms with Crippen molar-refractivity contribution in [1.82, 2.24) is 0 Å². The van der Waals surface area contributed by atoms with E-state index in [1.165, 1.54) is 4.90 Å². The predicted octanol–water partition coefficient (Wildman–Crippen LogP) is 5.46. The van der Waals surface area contributed by atoms with Gasteiger partial charge in [0.2, 0.25) is 0 Å². The molecule has 0 spiro atoms. The monoisotopic (exact) mass is 426 g/mol. The lowest BCUT2D eigenvalue weighted by Crippen LogP contribution is -2.51. The van der Waals surface area contributed by atoms with Crippen molar-refractivity contribution < 1.29 is 19.0 Å². The molecule has 1 aromatic carbocycles. The van der Waals surface area contributed by atoms with E-state index >= 15 is 0 Å². The Balaban J connectivity index is 2.15. The van der Waals surface area contributed by atoms with E-state index in [9.17, 15) is 5.11 Å². The van der Waals surface area contributed by atoms with Gasteiger partial charge in [-0.25, -0.2) is 0 Å². The molecule has 2 rings (SSSR count). The topological polar surface area (TPSA) is 47.9 Å². The summed E-state index contributed by atoms with van der Waals surface area (Å²) in [5.74, 6) is 0.114. The summed E-state index contributed by atoms with van der Waals surface area (Å²) in [4.78, 5) is 1.18. The van der Waals surface area contributed by atoms with E-state index in [0.29, 0.717) is 12.4 Å². The normalized spacial score (nSPS) is 22.2. The third-order valence-electron chi connectivity index (χ3n) is 6.13. The van der Waals surface area contributed by atoms with Crippen molar-refractivity contribution in [3.63, 3.8) is 0 Å². The standard InChI is InChI=1S/C22H38O4SSi/c1-8-22(9-2)24-15-18(25-22)20(23)19(26-28(6,7)21(3,4)5)16-27-17-13-11-10-12-14-17/h10-14,18-20,23H,8-9,15-16H2,1-7H3/t18-,19-,20-/m1/s1. The summed E-state index contributed by atoms with van der Waals surface area (Å²) in [6.45, 7) is 15.7. The van der Waals surface area contributed by atoms with E-state index in [2.05, 4.69) is 59.8 Å². The number of aliphatic hydroxyl groups is 1. The predicted molar refractivity (Wildman–Crippen MR) is 119 cm³/mol. The van der Waals surface area contributed by atoms with Crippen LogP contribution in [0.5, 0.6) is 0 Å². The first-order valence-corrected chi connectivity index (χ1v) is 14.3. The molecule has 0 saturated carbocycles.